The largest absolute Gasteiger partial charge is 0.405 e. The summed E-state index contributed by atoms with van der Waals surface area (Å²) in [6.07, 6.45) is 1.23. The highest BCUT2D eigenvalue weighted by Gasteiger charge is 2.27. The highest BCUT2D eigenvalue weighted by atomic mass is 19.4. The Labute approximate surface area is 236 Å². The van der Waals surface area contributed by atoms with Crippen LogP contribution in [-0.2, 0) is 5.41 Å². The van der Waals surface area contributed by atoms with Crippen LogP contribution in [-0.4, -0.2) is 27.9 Å². The van der Waals surface area contributed by atoms with Crippen molar-refractivity contribution in [3.05, 3.63) is 41.2 Å². The van der Waals surface area contributed by atoms with Gasteiger partial charge in [0, 0.05) is 11.1 Å². The third-order valence-corrected chi connectivity index (χ3v) is 5.32. The third kappa shape index (κ3) is 11.9. The predicted octanol–water partition coefficient (Wildman–Crippen LogP) is 9.94. The molecule has 2 aromatic heterocycles. The summed E-state index contributed by atoms with van der Waals surface area (Å²) < 4.78 is 55.1. The van der Waals surface area contributed by atoms with E-state index in [2.05, 4.69) is 20.5 Å². The monoisotopic (exact) mass is 569 g/mol. The molecule has 0 aliphatic heterocycles. The minimum absolute atomic E-state index is 0.0627. The molecule has 0 bridgehead atoms. The van der Waals surface area contributed by atoms with Crippen molar-refractivity contribution in [2.24, 2.45) is 0 Å². The molecule has 2 heterocycles. The molecule has 3 N–H and O–H groups in total. The minimum atomic E-state index is -4.30. The Balaban J connectivity index is 0.000000984. The number of alkyl halides is 3. The van der Waals surface area contributed by atoms with Crippen LogP contribution in [0.4, 0.5) is 29.3 Å². The molecule has 0 unspecified atom stereocenters. The van der Waals surface area contributed by atoms with Crippen molar-refractivity contribution in [3.8, 4) is 11.6 Å². The van der Waals surface area contributed by atoms with E-state index in [-0.39, 0.29) is 23.1 Å². The van der Waals surface area contributed by atoms with E-state index in [1.807, 2.05) is 69.2 Å². The Morgan fingerprint density at radius 1 is 0.950 bits per heavy atom. The number of hydrogen-bond donors (Lipinski definition) is 2. The maximum Gasteiger partial charge on any atom is 0.405 e. The number of aryl methyl sites for hydroxylation is 1. The van der Waals surface area contributed by atoms with E-state index < -0.39 is 12.7 Å². The first-order chi connectivity index (χ1) is 18.8. The fourth-order valence-corrected chi connectivity index (χ4v) is 3.61. The summed E-state index contributed by atoms with van der Waals surface area (Å²) >= 11 is 0. The Hall–Kier alpha value is -3.17. The number of allylic oxidation sites excluding steroid dienone is 2. The summed E-state index contributed by atoms with van der Waals surface area (Å²) in [4.78, 5) is 4.63. The average Bonchev–Trinajstić information content (AvgIpc) is 3.37. The summed E-state index contributed by atoms with van der Waals surface area (Å²) in [7, 11) is 0. The Kier molecular flexibility index (Phi) is 16.1. The molecule has 40 heavy (non-hydrogen) atoms. The van der Waals surface area contributed by atoms with Gasteiger partial charge in [-0.1, -0.05) is 73.5 Å². The van der Waals surface area contributed by atoms with Crippen LogP contribution in [0.15, 0.2) is 34.5 Å². The predicted molar refractivity (Wildman–Crippen MR) is 159 cm³/mol. The molecule has 1 aliphatic rings. The molecular formula is C30H47F4N5O. The van der Waals surface area contributed by atoms with Gasteiger partial charge in [-0.3, -0.25) is 0 Å². The normalized spacial score (nSPS) is 12.7. The maximum atomic E-state index is 12.6. The SMILES string of the molecule is CC.CC.CC.Cc1cc(-c2nnc(N)o2)nc2c(C(C)(C)C)cc(NCC(F)(F)F)cc12.FC1=CCCCC1. The van der Waals surface area contributed by atoms with Crippen molar-refractivity contribution >= 4 is 22.6 Å². The number of aromatic nitrogens is 3. The number of anilines is 2. The Morgan fingerprint density at radius 2 is 1.57 bits per heavy atom. The van der Waals surface area contributed by atoms with E-state index in [9.17, 15) is 17.6 Å². The molecule has 4 rings (SSSR count). The number of halogens is 4. The van der Waals surface area contributed by atoms with Gasteiger partial charge in [0.1, 0.15) is 12.2 Å². The topological polar surface area (TPSA) is 89.9 Å². The molecule has 0 fully saturated rings. The van der Waals surface area contributed by atoms with Crippen molar-refractivity contribution in [2.75, 3.05) is 17.6 Å². The van der Waals surface area contributed by atoms with Gasteiger partial charge in [-0.25, -0.2) is 9.37 Å². The lowest BCUT2D eigenvalue weighted by atomic mass is 9.84. The number of pyridine rings is 1. The lowest BCUT2D eigenvalue weighted by Crippen LogP contribution is -2.22. The third-order valence-electron chi connectivity index (χ3n) is 5.32. The molecule has 1 aliphatic carbocycles. The number of benzene rings is 1. The summed E-state index contributed by atoms with van der Waals surface area (Å²) in [5.74, 6) is 0.280. The molecule has 0 amide bonds. The van der Waals surface area contributed by atoms with Crippen LogP contribution in [0.25, 0.3) is 22.5 Å². The lowest BCUT2D eigenvalue weighted by Gasteiger charge is -2.23. The fourth-order valence-electron chi connectivity index (χ4n) is 3.61. The van der Waals surface area contributed by atoms with Gasteiger partial charge in [0.25, 0.3) is 5.89 Å². The molecule has 3 aromatic rings. The van der Waals surface area contributed by atoms with Crippen LogP contribution in [0, 0.1) is 6.92 Å². The van der Waals surface area contributed by atoms with Crippen molar-refractivity contribution < 1.29 is 22.0 Å². The van der Waals surface area contributed by atoms with Gasteiger partial charge in [-0.15, -0.1) is 5.10 Å². The molecule has 6 nitrogen and oxygen atoms in total. The van der Waals surface area contributed by atoms with Gasteiger partial charge in [0.2, 0.25) is 0 Å². The molecule has 0 spiro atoms. The highest BCUT2D eigenvalue weighted by molar-refractivity contribution is 5.90. The second kappa shape index (κ2) is 17.5. The first kappa shape index (κ1) is 36.8. The van der Waals surface area contributed by atoms with Gasteiger partial charge >= 0.3 is 12.2 Å². The van der Waals surface area contributed by atoms with Crippen molar-refractivity contribution in [3.63, 3.8) is 0 Å². The van der Waals surface area contributed by atoms with E-state index in [4.69, 9.17) is 10.2 Å². The fraction of sp³-hybridized carbons (Fsp3) is 0.567. The van der Waals surface area contributed by atoms with Crippen LogP contribution >= 0.6 is 0 Å². The number of nitrogens with zero attached hydrogens (tertiary/aromatic N) is 3. The van der Waals surface area contributed by atoms with E-state index >= 15 is 0 Å². The van der Waals surface area contributed by atoms with Gasteiger partial charge in [0.05, 0.1) is 11.3 Å². The molecule has 0 atom stereocenters. The molecule has 1 aromatic carbocycles. The van der Waals surface area contributed by atoms with Crippen LogP contribution in [0.3, 0.4) is 0 Å². The molecule has 226 valence electrons. The standard InChI is InChI=1S/C18H20F3N5O.C6H9F.3C2H6/c1-9-5-13(15-25-26-16(22)27-15)24-14-11(9)6-10(23-8-18(19,20)21)7-12(14)17(2,3)4;7-6-4-2-1-3-5-6;3*1-2/h5-7,23H,8H2,1-4H3,(H2,22,26);4H,1-3,5H2;3*1-2H3. The number of nitrogens with two attached hydrogens (primary N) is 1. The molecule has 0 radical (unpaired) electrons. The summed E-state index contributed by atoms with van der Waals surface area (Å²) in [6.45, 7) is 18.7. The quantitative estimate of drug-likeness (QED) is 0.305. The van der Waals surface area contributed by atoms with Crippen molar-refractivity contribution in [2.45, 2.75) is 107 Å². The van der Waals surface area contributed by atoms with Gasteiger partial charge in [-0.2, -0.15) is 13.2 Å². The maximum absolute atomic E-state index is 12.6. The number of rotatable bonds is 3. The zero-order valence-corrected chi connectivity index (χ0v) is 25.7. The number of hydrogen-bond acceptors (Lipinski definition) is 6. The van der Waals surface area contributed by atoms with E-state index in [0.717, 1.165) is 29.4 Å². The van der Waals surface area contributed by atoms with Gasteiger partial charge < -0.3 is 15.5 Å². The molecule has 0 saturated heterocycles. The smallest absolute Gasteiger partial charge is 0.402 e. The van der Waals surface area contributed by atoms with Crippen LogP contribution in [0.1, 0.15) is 99.1 Å². The van der Waals surface area contributed by atoms with Crippen molar-refractivity contribution in [1.29, 1.82) is 0 Å². The van der Waals surface area contributed by atoms with Gasteiger partial charge in [-0.05, 0) is 67.3 Å². The van der Waals surface area contributed by atoms with Crippen LogP contribution in [0.2, 0.25) is 0 Å². The molecular weight excluding hydrogens is 522 g/mol. The number of nitrogen functional groups attached to an aromatic ring is 1. The van der Waals surface area contributed by atoms with Crippen LogP contribution < -0.4 is 11.1 Å². The summed E-state index contributed by atoms with van der Waals surface area (Å²) in [6, 6.07) is 5.05. The first-order valence-corrected chi connectivity index (χ1v) is 14.0. The average molecular weight is 570 g/mol. The van der Waals surface area contributed by atoms with Crippen molar-refractivity contribution in [1.82, 2.24) is 15.2 Å². The zero-order chi connectivity index (χ0) is 31.1. The second-order valence-corrected chi connectivity index (χ2v) is 9.31. The Bertz CT molecular complexity index is 1180. The Morgan fingerprint density at radius 3 is 2.00 bits per heavy atom. The minimum Gasteiger partial charge on any atom is -0.402 e. The number of nitrogens with one attached hydrogen (secondary N) is 1. The van der Waals surface area contributed by atoms with Gasteiger partial charge in [0.15, 0.2) is 0 Å². The summed E-state index contributed by atoms with van der Waals surface area (Å²) in [5.41, 5.74) is 8.30. The van der Waals surface area contributed by atoms with E-state index in [1.165, 1.54) is 6.42 Å². The zero-order valence-electron chi connectivity index (χ0n) is 25.7. The molecule has 0 saturated carbocycles. The van der Waals surface area contributed by atoms with E-state index in [0.29, 0.717) is 23.3 Å². The second-order valence-electron chi connectivity index (χ2n) is 9.31. The highest BCUT2D eigenvalue weighted by Crippen LogP contribution is 2.35. The van der Waals surface area contributed by atoms with E-state index in [1.54, 1.807) is 24.3 Å². The first-order valence-electron chi connectivity index (χ1n) is 14.0. The lowest BCUT2D eigenvalue weighted by molar-refractivity contribution is -0.115. The summed E-state index contributed by atoms with van der Waals surface area (Å²) in [5, 5.41) is 10.7. The number of fused-ring (bicyclic) bond motifs is 1. The molecule has 10 heteroatoms. The van der Waals surface area contributed by atoms with Crippen LogP contribution in [0.5, 0.6) is 0 Å².